The van der Waals surface area contributed by atoms with Gasteiger partial charge >= 0.3 is 0 Å². The van der Waals surface area contributed by atoms with Gasteiger partial charge in [0.1, 0.15) is 11.4 Å². The van der Waals surface area contributed by atoms with Crippen LogP contribution in [-0.2, 0) is 0 Å². The number of thioether (sulfide) groups is 1. The average molecular weight is 373 g/mol. The highest BCUT2D eigenvalue weighted by Gasteiger charge is 2.20. The predicted octanol–water partition coefficient (Wildman–Crippen LogP) is 3.56. The summed E-state index contributed by atoms with van der Waals surface area (Å²) in [4.78, 5) is 34.5. The number of benzene rings is 1. The van der Waals surface area contributed by atoms with Gasteiger partial charge in [0.15, 0.2) is 0 Å². The van der Waals surface area contributed by atoms with Crippen LogP contribution in [0.15, 0.2) is 82.4 Å². The number of aromatic nitrogens is 1. The van der Waals surface area contributed by atoms with Gasteiger partial charge in [0, 0.05) is 22.4 Å². The van der Waals surface area contributed by atoms with Crippen molar-refractivity contribution in [3.63, 3.8) is 0 Å². The van der Waals surface area contributed by atoms with Crippen LogP contribution >= 0.6 is 11.8 Å². The fourth-order valence-electron chi connectivity index (χ4n) is 2.87. The first-order valence-corrected chi connectivity index (χ1v) is 9.32. The zero-order valence-electron chi connectivity index (χ0n) is 14.3. The van der Waals surface area contributed by atoms with Crippen molar-refractivity contribution in [2.45, 2.75) is 0 Å². The molecule has 27 heavy (non-hydrogen) atoms. The lowest BCUT2D eigenvalue weighted by molar-refractivity contribution is 0.0998. The number of primary amides is 1. The first-order valence-electron chi connectivity index (χ1n) is 8.34. The Morgan fingerprint density at radius 3 is 2.63 bits per heavy atom. The molecule has 1 aromatic carbocycles. The van der Waals surface area contributed by atoms with E-state index in [1.807, 2.05) is 36.4 Å². The summed E-state index contributed by atoms with van der Waals surface area (Å²) in [5.74, 6) is 0.0244. The summed E-state index contributed by atoms with van der Waals surface area (Å²) in [7, 11) is 0. The number of rotatable bonds is 4. The van der Waals surface area contributed by atoms with Crippen molar-refractivity contribution < 1.29 is 9.59 Å². The summed E-state index contributed by atoms with van der Waals surface area (Å²) in [5.41, 5.74) is 8.46. The third-order valence-corrected chi connectivity index (χ3v) is 5.23. The van der Waals surface area contributed by atoms with Crippen molar-refractivity contribution in [3.8, 4) is 11.3 Å². The maximum atomic E-state index is 12.9. The number of aliphatic imine (C=N–C) groups is 1. The van der Waals surface area contributed by atoms with Crippen molar-refractivity contribution in [2.24, 2.45) is 10.7 Å². The topological polar surface area (TPSA) is 85.4 Å². The Morgan fingerprint density at radius 2 is 1.85 bits per heavy atom. The molecule has 0 saturated heterocycles. The van der Waals surface area contributed by atoms with E-state index in [1.54, 1.807) is 24.0 Å². The Balaban J connectivity index is 1.74. The zero-order chi connectivity index (χ0) is 18.8. The second kappa shape index (κ2) is 7.17. The number of allylic oxidation sites excluding steroid dienone is 3. The van der Waals surface area contributed by atoms with Gasteiger partial charge in [0.2, 0.25) is 5.78 Å². The summed E-state index contributed by atoms with van der Waals surface area (Å²) in [6, 6.07) is 12.2. The molecule has 1 aromatic heterocycles. The second-order valence-corrected chi connectivity index (χ2v) is 7.03. The van der Waals surface area contributed by atoms with E-state index in [1.165, 1.54) is 12.1 Å². The zero-order valence-corrected chi connectivity index (χ0v) is 15.1. The lowest BCUT2D eigenvalue weighted by Crippen LogP contribution is -2.17. The van der Waals surface area contributed by atoms with Gasteiger partial charge in [-0.15, -0.1) is 11.8 Å². The molecular formula is C21H15N3O2S. The van der Waals surface area contributed by atoms with Crippen LogP contribution in [0.5, 0.6) is 0 Å². The molecule has 0 fully saturated rings. The number of nitrogens with two attached hydrogens (primary N) is 1. The number of Topliss-reactive ketones (excluding diaryl/α,β-unsaturated/α-hetero) is 1. The number of hydrogen-bond donors (Lipinski definition) is 1. The maximum Gasteiger partial charge on any atom is 0.250 e. The first kappa shape index (κ1) is 17.2. The number of amides is 1. The molecule has 2 aliphatic rings. The Bertz CT molecular complexity index is 1070. The van der Waals surface area contributed by atoms with E-state index in [0.717, 1.165) is 21.8 Å². The minimum atomic E-state index is -0.589. The van der Waals surface area contributed by atoms with Gasteiger partial charge in [0.25, 0.3) is 5.91 Å². The van der Waals surface area contributed by atoms with Crippen molar-refractivity contribution in [1.82, 2.24) is 4.98 Å². The Morgan fingerprint density at radius 1 is 1.04 bits per heavy atom. The number of carbonyl (C=O) groups is 2. The minimum absolute atomic E-state index is 0.217. The molecule has 3 heterocycles. The van der Waals surface area contributed by atoms with Crippen LogP contribution in [0.3, 0.4) is 0 Å². The van der Waals surface area contributed by atoms with Gasteiger partial charge in [-0.3, -0.25) is 14.6 Å². The standard InChI is InChI=1S/C21H15N3O2S/c22-21(26)15-7-9-17(24-19(15)14-4-2-1-3-5-14)20(25)16-8-6-13-10-11-27-18(13)12-23-16/h1-10,12H,11H2,(H2,22,26). The number of ketones is 1. The summed E-state index contributed by atoms with van der Waals surface area (Å²) >= 11 is 1.69. The monoisotopic (exact) mass is 373 g/mol. The van der Waals surface area contributed by atoms with E-state index in [4.69, 9.17) is 5.73 Å². The third kappa shape index (κ3) is 3.39. The lowest BCUT2D eigenvalue weighted by Gasteiger charge is -2.08. The van der Waals surface area contributed by atoms with E-state index in [9.17, 15) is 9.59 Å². The van der Waals surface area contributed by atoms with Crippen LogP contribution < -0.4 is 5.73 Å². The van der Waals surface area contributed by atoms with Crippen LogP contribution in [0.4, 0.5) is 0 Å². The molecule has 0 radical (unpaired) electrons. The number of pyridine rings is 1. The predicted molar refractivity (Wildman–Crippen MR) is 108 cm³/mol. The smallest absolute Gasteiger partial charge is 0.250 e. The molecule has 5 nitrogen and oxygen atoms in total. The Hall–Kier alpha value is -3.25. The molecule has 132 valence electrons. The highest BCUT2D eigenvalue weighted by atomic mass is 32.2. The molecule has 2 aliphatic heterocycles. The van der Waals surface area contributed by atoms with Crippen molar-refractivity contribution >= 4 is 29.2 Å². The number of fused-ring (bicyclic) bond motifs is 1. The van der Waals surface area contributed by atoms with E-state index < -0.39 is 5.91 Å². The lowest BCUT2D eigenvalue weighted by atomic mass is 10.0. The van der Waals surface area contributed by atoms with Crippen molar-refractivity contribution in [2.75, 3.05) is 5.75 Å². The molecule has 0 bridgehead atoms. The largest absolute Gasteiger partial charge is 0.366 e. The molecule has 1 amide bonds. The quantitative estimate of drug-likeness (QED) is 0.831. The number of nitrogens with zero attached hydrogens (tertiary/aromatic N) is 2. The van der Waals surface area contributed by atoms with Crippen LogP contribution in [0.2, 0.25) is 0 Å². The van der Waals surface area contributed by atoms with Gasteiger partial charge in [-0.05, 0) is 23.8 Å². The summed E-state index contributed by atoms with van der Waals surface area (Å²) in [6.45, 7) is 0. The van der Waals surface area contributed by atoms with E-state index in [-0.39, 0.29) is 17.0 Å². The average Bonchev–Trinajstić information content (AvgIpc) is 3.06. The molecule has 0 unspecified atom stereocenters. The van der Waals surface area contributed by atoms with Crippen LogP contribution in [0, 0.1) is 0 Å². The van der Waals surface area contributed by atoms with Crippen LogP contribution in [0.1, 0.15) is 20.8 Å². The Kier molecular flexibility index (Phi) is 4.56. The third-order valence-electron chi connectivity index (χ3n) is 4.24. The van der Waals surface area contributed by atoms with Gasteiger partial charge in [-0.1, -0.05) is 42.5 Å². The van der Waals surface area contributed by atoms with Gasteiger partial charge in [-0.2, -0.15) is 0 Å². The molecule has 6 heteroatoms. The van der Waals surface area contributed by atoms with Gasteiger partial charge in [0.05, 0.1) is 11.3 Å². The van der Waals surface area contributed by atoms with Crippen LogP contribution in [0.25, 0.3) is 11.3 Å². The van der Waals surface area contributed by atoms with Crippen molar-refractivity contribution in [1.29, 1.82) is 0 Å². The highest BCUT2D eigenvalue weighted by Crippen LogP contribution is 2.33. The summed E-state index contributed by atoms with van der Waals surface area (Å²) < 4.78 is 0. The molecule has 0 aliphatic carbocycles. The second-order valence-electron chi connectivity index (χ2n) is 5.96. The normalized spacial score (nSPS) is 15.3. The fraction of sp³-hybridized carbons (Fsp3) is 0.0476. The number of carbonyl (C=O) groups excluding carboxylic acids is 2. The summed E-state index contributed by atoms with van der Waals surface area (Å²) in [5, 5.41) is 0. The molecular weight excluding hydrogens is 358 g/mol. The summed E-state index contributed by atoms with van der Waals surface area (Å²) in [6.07, 6.45) is 7.41. The number of hydrogen-bond acceptors (Lipinski definition) is 5. The molecule has 4 rings (SSSR count). The van der Waals surface area contributed by atoms with Gasteiger partial charge < -0.3 is 5.73 Å². The van der Waals surface area contributed by atoms with Crippen molar-refractivity contribution in [3.05, 3.63) is 88.6 Å². The Labute approximate surface area is 160 Å². The molecule has 0 saturated carbocycles. The first-order chi connectivity index (χ1) is 13.1. The fourth-order valence-corrected chi connectivity index (χ4v) is 3.76. The maximum absolute atomic E-state index is 12.9. The van der Waals surface area contributed by atoms with Crippen LogP contribution in [-0.4, -0.2) is 28.1 Å². The SMILES string of the molecule is NC(=O)c1ccc(C(=O)C2=NC=C3SCC=C3C=C2)nc1-c1ccccc1. The van der Waals surface area contributed by atoms with E-state index >= 15 is 0 Å². The van der Waals surface area contributed by atoms with Gasteiger partial charge in [-0.25, -0.2) is 4.98 Å². The molecule has 0 spiro atoms. The molecule has 0 atom stereocenters. The van der Waals surface area contributed by atoms with E-state index in [2.05, 4.69) is 16.1 Å². The highest BCUT2D eigenvalue weighted by molar-refractivity contribution is 8.03. The van der Waals surface area contributed by atoms with E-state index in [0.29, 0.717) is 11.4 Å². The molecule has 2 aromatic rings. The minimum Gasteiger partial charge on any atom is -0.366 e. The molecule has 2 N–H and O–H groups in total.